The van der Waals surface area contributed by atoms with Gasteiger partial charge in [0.25, 0.3) is 0 Å². The fourth-order valence-electron chi connectivity index (χ4n) is 2.47. The summed E-state index contributed by atoms with van der Waals surface area (Å²) in [6.45, 7) is 4.00. The molecule has 2 aromatic carbocycles. The number of methoxy groups -OCH3 is 1. The first-order valence-electron chi connectivity index (χ1n) is 9.03. The number of halogens is 5. The zero-order valence-corrected chi connectivity index (χ0v) is 17.6. The number of nitrogens with zero attached hydrogens (tertiary/aromatic N) is 1. The average Bonchev–Trinajstić information content (AvgIpc) is 2.74. The van der Waals surface area contributed by atoms with Gasteiger partial charge in [-0.25, -0.2) is 9.78 Å². The zero-order chi connectivity index (χ0) is 23.3. The molecular formula is C21H20F5NO3S. The maximum Gasteiger partial charge on any atom is 0.337 e. The number of aromatic nitrogens is 1. The van der Waals surface area contributed by atoms with Gasteiger partial charge in [0.15, 0.2) is 0 Å². The topological polar surface area (TPSA) is 48.4 Å². The van der Waals surface area contributed by atoms with E-state index >= 15 is 0 Å². The van der Waals surface area contributed by atoms with Gasteiger partial charge in [0.05, 0.1) is 12.7 Å². The lowest BCUT2D eigenvalue weighted by atomic mass is 10.1. The van der Waals surface area contributed by atoms with Gasteiger partial charge in [-0.1, -0.05) is 45.4 Å². The lowest BCUT2D eigenvalue weighted by Crippen LogP contribution is -2.05. The molecule has 31 heavy (non-hydrogen) atoms. The molecule has 0 saturated heterocycles. The van der Waals surface area contributed by atoms with Crippen molar-refractivity contribution < 1.29 is 33.7 Å². The van der Waals surface area contributed by atoms with E-state index in [0.29, 0.717) is 16.7 Å². The van der Waals surface area contributed by atoms with Crippen molar-refractivity contribution in [2.75, 3.05) is 7.11 Å². The van der Waals surface area contributed by atoms with Gasteiger partial charge in [-0.2, -0.15) is 0 Å². The second-order valence-electron chi connectivity index (χ2n) is 5.97. The van der Waals surface area contributed by atoms with Crippen molar-refractivity contribution in [2.24, 2.45) is 0 Å². The standard InChI is InChI=1S/C19H14F5NO3S.C2H6/c1-27-19(26)14-6-4-13(5-7-14)17-3-2-12-25-18(17)28-15-8-10-16(11-9-15)29(20,21,22,23)24;1-2/h2-12H,1H3;1-2H3. The van der Waals surface area contributed by atoms with Crippen molar-refractivity contribution >= 4 is 16.2 Å². The molecule has 3 rings (SSSR count). The van der Waals surface area contributed by atoms with Crippen LogP contribution in [0.5, 0.6) is 11.6 Å². The summed E-state index contributed by atoms with van der Waals surface area (Å²) in [6.07, 6.45) is 1.41. The molecule has 1 aromatic heterocycles. The van der Waals surface area contributed by atoms with Crippen molar-refractivity contribution in [3.05, 3.63) is 72.4 Å². The fraction of sp³-hybridized carbons (Fsp3) is 0.143. The largest absolute Gasteiger partial charge is 0.465 e. The summed E-state index contributed by atoms with van der Waals surface area (Å²) in [5.41, 5.74) is 1.43. The number of rotatable bonds is 5. The molecule has 0 radical (unpaired) electrons. The van der Waals surface area contributed by atoms with Gasteiger partial charge in [-0.15, -0.1) is 0 Å². The van der Waals surface area contributed by atoms with Gasteiger partial charge in [0.2, 0.25) is 5.88 Å². The minimum atomic E-state index is -9.75. The Bertz CT molecular complexity index is 1050. The van der Waals surface area contributed by atoms with Gasteiger partial charge >= 0.3 is 16.2 Å². The van der Waals surface area contributed by atoms with Crippen LogP contribution in [0.15, 0.2) is 71.8 Å². The van der Waals surface area contributed by atoms with Crippen LogP contribution < -0.4 is 4.74 Å². The Morgan fingerprint density at radius 3 is 1.97 bits per heavy atom. The van der Waals surface area contributed by atoms with E-state index < -0.39 is 21.1 Å². The molecule has 0 fully saturated rings. The highest BCUT2D eigenvalue weighted by atomic mass is 32.5. The van der Waals surface area contributed by atoms with Crippen LogP contribution >= 0.6 is 10.2 Å². The van der Waals surface area contributed by atoms with Crippen LogP contribution in [0, 0.1) is 0 Å². The molecular weight excluding hydrogens is 441 g/mol. The number of carbonyl (C=O) groups excluding carboxylic acids is 1. The summed E-state index contributed by atoms with van der Waals surface area (Å²) in [4.78, 5) is 13.6. The number of benzene rings is 2. The average molecular weight is 461 g/mol. The quantitative estimate of drug-likeness (QED) is 0.285. The number of hydrogen-bond donors (Lipinski definition) is 0. The molecule has 0 aliphatic heterocycles. The van der Waals surface area contributed by atoms with E-state index in [1.807, 2.05) is 13.8 Å². The highest BCUT2D eigenvalue weighted by Gasteiger charge is 2.65. The second kappa shape index (κ2) is 8.18. The molecule has 0 saturated carbocycles. The Morgan fingerprint density at radius 1 is 0.871 bits per heavy atom. The van der Waals surface area contributed by atoms with E-state index in [2.05, 4.69) is 9.72 Å². The molecule has 0 spiro atoms. The lowest BCUT2D eigenvalue weighted by molar-refractivity contribution is 0.0600. The minimum Gasteiger partial charge on any atom is -0.465 e. The third-order valence-electron chi connectivity index (χ3n) is 3.87. The molecule has 0 unspecified atom stereocenters. The van der Waals surface area contributed by atoms with Crippen LogP contribution in [0.1, 0.15) is 24.2 Å². The van der Waals surface area contributed by atoms with E-state index in [9.17, 15) is 24.2 Å². The van der Waals surface area contributed by atoms with Crippen LogP contribution in [-0.4, -0.2) is 18.1 Å². The zero-order valence-electron chi connectivity index (χ0n) is 16.8. The SMILES string of the molecule is CC.COC(=O)c1ccc(-c2cccnc2Oc2ccc(S(F)(F)(F)(F)F)cc2)cc1. The number of pyridine rings is 1. The predicted octanol–water partition coefficient (Wildman–Crippen LogP) is 8.01. The molecule has 0 aliphatic carbocycles. The Morgan fingerprint density at radius 2 is 1.45 bits per heavy atom. The normalized spacial score (nSPS) is 13.2. The van der Waals surface area contributed by atoms with Crippen LogP contribution in [0.3, 0.4) is 0 Å². The Kier molecular flexibility index (Phi) is 6.37. The number of ether oxygens (including phenoxy) is 2. The fourth-order valence-corrected chi connectivity index (χ4v) is 3.12. The van der Waals surface area contributed by atoms with E-state index in [0.717, 1.165) is 12.1 Å². The highest BCUT2D eigenvalue weighted by Crippen LogP contribution is 3.02. The maximum atomic E-state index is 12.8. The Labute approximate surface area is 176 Å². The summed E-state index contributed by atoms with van der Waals surface area (Å²) in [5, 5.41) is 0. The van der Waals surface area contributed by atoms with Crippen LogP contribution in [-0.2, 0) is 4.74 Å². The van der Waals surface area contributed by atoms with Gasteiger partial charge in [0, 0.05) is 11.8 Å². The monoisotopic (exact) mass is 461 g/mol. The summed E-state index contributed by atoms with van der Waals surface area (Å²) in [7, 11) is -8.49. The van der Waals surface area contributed by atoms with Gasteiger partial charge < -0.3 is 9.47 Å². The van der Waals surface area contributed by atoms with Crippen LogP contribution in [0.4, 0.5) is 19.4 Å². The molecule has 1 heterocycles. The van der Waals surface area contributed by atoms with Gasteiger partial charge in [0.1, 0.15) is 10.6 Å². The number of esters is 1. The van der Waals surface area contributed by atoms with E-state index in [-0.39, 0.29) is 23.8 Å². The molecule has 10 heteroatoms. The molecule has 4 nitrogen and oxygen atoms in total. The predicted molar refractivity (Wildman–Crippen MR) is 110 cm³/mol. The smallest absolute Gasteiger partial charge is 0.337 e. The van der Waals surface area contributed by atoms with Crippen molar-refractivity contribution in [3.63, 3.8) is 0 Å². The van der Waals surface area contributed by atoms with Crippen molar-refractivity contribution in [3.8, 4) is 22.8 Å². The van der Waals surface area contributed by atoms with Crippen molar-refractivity contribution in [1.82, 2.24) is 4.98 Å². The lowest BCUT2D eigenvalue weighted by Gasteiger charge is -2.40. The summed E-state index contributed by atoms with van der Waals surface area (Å²) in [5.74, 6) is -0.552. The summed E-state index contributed by atoms with van der Waals surface area (Å²) in [6, 6.07) is 11.7. The van der Waals surface area contributed by atoms with Crippen LogP contribution in [0.2, 0.25) is 0 Å². The first-order valence-corrected chi connectivity index (χ1v) is 11.0. The van der Waals surface area contributed by atoms with Crippen LogP contribution in [0.25, 0.3) is 11.1 Å². The number of carbonyl (C=O) groups is 1. The minimum absolute atomic E-state index is 0.0541. The van der Waals surface area contributed by atoms with E-state index in [1.165, 1.54) is 25.4 Å². The Balaban J connectivity index is 0.00000166. The third-order valence-corrected chi connectivity index (χ3v) is 5.03. The third kappa shape index (κ3) is 6.17. The number of hydrogen-bond acceptors (Lipinski definition) is 4. The van der Waals surface area contributed by atoms with E-state index in [4.69, 9.17) is 4.74 Å². The second-order valence-corrected chi connectivity index (χ2v) is 8.38. The Hall–Kier alpha value is -3.14. The molecule has 168 valence electrons. The molecule has 0 amide bonds. The van der Waals surface area contributed by atoms with Gasteiger partial charge in [-0.3, -0.25) is 0 Å². The molecule has 0 N–H and O–H groups in total. The van der Waals surface area contributed by atoms with Gasteiger partial charge in [-0.05, 0) is 54.1 Å². The maximum absolute atomic E-state index is 12.8. The first-order chi connectivity index (χ1) is 14.4. The molecule has 0 bridgehead atoms. The highest BCUT2D eigenvalue weighted by molar-refractivity contribution is 8.45. The summed E-state index contributed by atoms with van der Waals surface area (Å²) < 4.78 is 74.2. The first kappa shape index (κ1) is 24.1. The summed E-state index contributed by atoms with van der Waals surface area (Å²) >= 11 is 0. The van der Waals surface area contributed by atoms with E-state index in [1.54, 1.807) is 24.3 Å². The molecule has 3 aromatic rings. The molecule has 0 aliphatic rings. The van der Waals surface area contributed by atoms with Crippen molar-refractivity contribution in [2.45, 2.75) is 18.7 Å². The van der Waals surface area contributed by atoms with Crippen molar-refractivity contribution in [1.29, 1.82) is 0 Å². The molecule has 0 atom stereocenters.